The van der Waals surface area contributed by atoms with Gasteiger partial charge in [-0.1, -0.05) is 75.4 Å². The van der Waals surface area contributed by atoms with Crippen molar-refractivity contribution in [2.24, 2.45) is 0 Å². The molecular weight excluding hydrogens is 783 g/mol. The molecule has 2 aromatic heterocycles. The highest BCUT2D eigenvalue weighted by Gasteiger charge is 2.52. The molecule has 1 saturated heterocycles. The van der Waals surface area contributed by atoms with Gasteiger partial charge in [0.2, 0.25) is 0 Å². The van der Waals surface area contributed by atoms with Crippen molar-refractivity contribution in [3.8, 4) is 22.8 Å². The lowest BCUT2D eigenvalue weighted by molar-refractivity contribution is -0.0958. The molecule has 320 valence electrons. The van der Waals surface area contributed by atoms with Gasteiger partial charge < -0.3 is 32.8 Å². The molecule has 4 atom stereocenters. The second-order valence-electron chi connectivity index (χ2n) is 17.4. The molecule has 0 spiro atoms. The zero-order valence-electron chi connectivity index (χ0n) is 36.3. The predicted molar refractivity (Wildman–Crippen MR) is 231 cm³/mol. The first-order valence-electron chi connectivity index (χ1n) is 19.9. The van der Waals surface area contributed by atoms with Crippen LogP contribution in [0.4, 0.5) is 4.79 Å². The van der Waals surface area contributed by atoms with Gasteiger partial charge in [-0.05, 0) is 92.0 Å². The molecule has 14 heteroatoms. The zero-order chi connectivity index (χ0) is 43.6. The standard InChI is InChI=1S/C46H57N3O10Si/c1-44(2,3)58-43(52)48-27-15-18-36(48)35-28-49(42(51)47-40(35)50)41-39(55-9)38(59-60(10,11)45(4,5)6)37(57-41)29-56-46(30-16-13-12-14-17-30,31-19-23-33(53-7)24-20-31)32-21-25-34(54-8)26-22-32/h12-28,37-39,41H,29H2,1-11H3,(H,47,50,51)/t37-,38-,39-,41-/m1/s1. The summed E-state index contributed by atoms with van der Waals surface area (Å²) in [6, 6.07) is 28.6. The molecule has 60 heavy (non-hydrogen) atoms. The van der Waals surface area contributed by atoms with E-state index < -0.39 is 61.4 Å². The average molecular weight is 840 g/mol. The zero-order valence-corrected chi connectivity index (χ0v) is 37.3. The van der Waals surface area contributed by atoms with E-state index in [-0.39, 0.29) is 22.9 Å². The number of hydrogen-bond acceptors (Lipinski definition) is 10. The quantitative estimate of drug-likeness (QED) is 0.0913. The maximum absolute atomic E-state index is 13.8. The van der Waals surface area contributed by atoms with Crippen molar-refractivity contribution in [2.45, 2.75) is 95.4 Å². The van der Waals surface area contributed by atoms with E-state index in [4.69, 9.17) is 32.8 Å². The maximum Gasteiger partial charge on any atom is 0.418 e. The van der Waals surface area contributed by atoms with Crippen molar-refractivity contribution in [2.75, 3.05) is 27.9 Å². The largest absolute Gasteiger partial charge is 0.497 e. The summed E-state index contributed by atoms with van der Waals surface area (Å²) < 4.78 is 46.8. The van der Waals surface area contributed by atoms with Gasteiger partial charge in [0.1, 0.15) is 41.0 Å². The topological polar surface area (TPSA) is 141 Å². The molecule has 0 radical (unpaired) electrons. The van der Waals surface area contributed by atoms with Crippen molar-refractivity contribution in [3.63, 3.8) is 0 Å². The summed E-state index contributed by atoms with van der Waals surface area (Å²) in [7, 11) is 2.24. The minimum absolute atomic E-state index is 0.0188. The number of hydrogen-bond donors (Lipinski definition) is 1. The molecule has 6 rings (SSSR count). The normalized spacial score (nSPS) is 18.6. The van der Waals surface area contributed by atoms with E-state index in [1.165, 1.54) is 21.5 Å². The van der Waals surface area contributed by atoms with E-state index in [0.29, 0.717) is 11.5 Å². The van der Waals surface area contributed by atoms with E-state index >= 15 is 0 Å². The van der Waals surface area contributed by atoms with E-state index in [0.717, 1.165) is 16.7 Å². The summed E-state index contributed by atoms with van der Waals surface area (Å²) in [5, 5.41) is -0.205. The number of carbonyl (C=O) groups excluding carboxylic acids is 1. The monoisotopic (exact) mass is 839 g/mol. The Morgan fingerprint density at radius 1 is 0.767 bits per heavy atom. The van der Waals surface area contributed by atoms with Gasteiger partial charge in [0, 0.05) is 19.5 Å². The lowest BCUT2D eigenvalue weighted by Gasteiger charge is -2.41. The molecule has 1 N–H and O–H groups in total. The summed E-state index contributed by atoms with van der Waals surface area (Å²) in [6.07, 6.45) is -1.22. The number of rotatable bonds is 13. The number of carbonyl (C=O) groups is 1. The van der Waals surface area contributed by atoms with Crippen molar-refractivity contribution < 1.29 is 37.6 Å². The first-order valence-corrected chi connectivity index (χ1v) is 22.9. The number of aromatic amines is 1. The molecule has 3 aromatic carbocycles. The molecule has 3 heterocycles. The van der Waals surface area contributed by atoms with E-state index in [2.05, 4.69) is 38.8 Å². The highest BCUT2D eigenvalue weighted by atomic mass is 28.4. The molecular formula is C46H57N3O10Si. The summed E-state index contributed by atoms with van der Waals surface area (Å²) >= 11 is 0. The van der Waals surface area contributed by atoms with Gasteiger partial charge in [-0.3, -0.25) is 18.9 Å². The van der Waals surface area contributed by atoms with Gasteiger partial charge in [-0.15, -0.1) is 0 Å². The lowest BCUT2D eigenvalue weighted by Crippen LogP contribution is -2.51. The Morgan fingerprint density at radius 3 is 1.85 bits per heavy atom. The summed E-state index contributed by atoms with van der Waals surface area (Å²) in [6.45, 7) is 16.0. The van der Waals surface area contributed by atoms with Crippen LogP contribution in [0.25, 0.3) is 11.3 Å². The predicted octanol–water partition coefficient (Wildman–Crippen LogP) is 8.12. The Kier molecular flexibility index (Phi) is 12.8. The fourth-order valence-corrected chi connectivity index (χ4v) is 8.51. The van der Waals surface area contributed by atoms with Gasteiger partial charge in [0.25, 0.3) is 5.56 Å². The smallest absolute Gasteiger partial charge is 0.418 e. The van der Waals surface area contributed by atoms with Crippen molar-refractivity contribution in [1.82, 2.24) is 14.1 Å². The lowest BCUT2D eigenvalue weighted by atomic mass is 9.80. The molecule has 0 saturated carbocycles. The summed E-state index contributed by atoms with van der Waals surface area (Å²) in [4.78, 5) is 43.0. The first kappa shape index (κ1) is 44.3. The fourth-order valence-electron chi connectivity index (χ4n) is 7.19. The van der Waals surface area contributed by atoms with Crippen LogP contribution in [0.2, 0.25) is 18.1 Å². The third-order valence-corrected chi connectivity index (χ3v) is 15.8. The van der Waals surface area contributed by atoms with Crippen LogP contribution in [0.15, 0.2) is 113 Å². The number of benzene rings is 3. The number of nitrogens with one attached hydrogen (secondary N) is 1. The van der Waals surface area contributed by atoms with Crippen LogP contribution in [0.5, 0.6) is 11.5 Å². The number of methoxy groups -OCH3 is 3. The molecule has 0 bridgehead atoms. The second kappa shape index (κ2) is 17.4. The van der Waals surface area contributed by atoms with Crippen LogP contribution in [-0.4, -0.2) is 80.4 Å². The minimum Gasteiger partial charge on any atom is -0.497 e. The molecule has 0 amide bonds. The van der Waals surface area contributed by atoms with Crippen LogP contribution in [0, 0.1) is 0 Å². The van der Waals surface area contributed by atoms with E-state index in [1.54, 1.807) is 54.2 Å². The number of H-pyrrole nitrogens is 1. The Balaban J connectivity index is 1.48. The highest BCUT2D eigenvalue weighted by molar-refractivity contribution is 6.74. The van der Waals surface area contributed by atoms with E-state index in [1.807, 2.05) is 78.9 Å². The van der Waals surface area contributed by atoms with Crippen molar-refractivity contribution in [3.05, 3.63) is 141 Å². The van der Waals surface area contributed by atoms with Gasteiger partial charge >= 0.3 is 11.8 Å². The number of ether oxygens (including phenoxy) is 6. The third-order valence-electron chi connectivity index (χ3n) is 11.3. The maximum atomic E-state index is 13.8. The van der Waals surface area contributed by atoms with Crippen molar-refractivity contribution in [1.29, 1.82) is 0 Å². The van der Waals surface area contributed by atoms with Crippen LogP contribution in [0.1, 0.15) is 64.5 Å². The summed E-state index contributed by atoms with van der Waals surface area (Å²) in [5.74, 6) is 1.37. The Morgan fingerprint density at radius 2 is 1.33 bits per heavy atom. The Bertz CT molecular complexity index is 2310. The minimum atomic E-state index is -2.55. The van der Waals surface area contributed by atoms with Gasteiger partial charge in [0.15, 0.2) is 14.5 Å². The van der Waals surface area contributed by atoms with Crippen LogP contribution >= 0.6 is 0 Å². The molecule has 5 aromatic rings. The highest BCUT2D eigenvalue weighted by Crippen LogP contribution is 2.45. The molecule has 1 aliphatic heterocycles. The number of aromatic nitrogens is 3. The van der Waals surface area contributed by atoms with Gasteiger partial charge in [-0.25, -0.2) is 9.59 Å². The fraction of sp³-hybridized carbons (Fsp3) is 0.413. The molecule has 13 nitrogen and oxygen atoms in total. The number of nitrogens with zero attached hydrogens (tertiary/aromatic N) is 2. The first-order chi connectivity index (χ1) is 28.3. The summed E-state index contributed by atoms with van der Waals surface area (Å²) in [5.41, 5.74) is -0.597. The average Bonchev–Trinajstić information content (AvgIpc) is 3.83. The van der Waals surface area contributed by atoms with Crippen molar-refractivity contribution >= 4 is 14.4 Å². The molecule has 1 fully saturated rings. The van der Waals surface area contributed by atoms with Crippen LogP contribution in [0.3, 0.4) is 0 Å². The van der Waals surface area contributed by atoms with E-state index in [9.17, 15) is 14.4 Å². The van der Waals surface area contributed by atoms with Gasteiger partial charge in [0.05, 0.1) is 32.1 Å². The molecule has 0 unspecified atom stereocenters. The van der Waals surface area contributed by atoms with Crippen LogP contribution < -0.4 is 20.7 Å². The van der Waals surface area contributed by atoms with Crippen LogP contribution in [-0.2, 0) is 29.0 Å². The third kappa shape index (κ3) is 8.93. The SMILES string of the molecule is COc1ccc(C(OC[C@H]2O[C@@H](n3cc(-c4cccn4C(=O)OC(C)(C)C)c(=O)[nH]c3=O)[C@H](OC)[C@@H]2O[Si](C)(C)C(C)(C)C)(c2ccccc2)c2ccc(OC)cc2)cc1. The Labute approximate surface area is 352 Å². The molecule has 0 aliphatic carbocycles. The Hall–Kier alpha value is -5.25. The second-order valence-corrected chi connectivity index (χ2v) is 22.1. The van der Waals surface area contributed by atoms with Gasteiger partial charge in [-0.2, -0.15) is 0 Å². The molecule has 1 aliphatic rings.